The number of hydrogen-bond donors (Lipinski definition) is 1. The van der Waals surface area contributed by atoms with Gasteiger partial charge in [0.25, 0.3) is 5.78 Å². The van der Waals surface area contributed by atoms with Crippen molar-refractivity contribution in [3.05, 3.63) is 95.1 Å². The van der Waals surface area contributed by atoms with Gasteiger partial charge in [0, 0.05) is 5.56 Å². The molecule has 4 aromatic rings. The number of fused-ring (bicyclic) bond motifs is 2. The van der Waals surface area contributed by atoms with Gasteiger partial charge in [0.05, 0.1) is 21.8 Å². The molecular formula is C31H26N2O6S. The highest BCUT2D eigenvalue weighted by atomic mass is 32.1. The third-order valence-corrected chi connectivity index (χ3v) is 7.83. The molecule has 0 unspecified atom stereocenters. The number of benzene rings is 3. The van der Waals surface area contributed by atoms with E-state index in [1.807, 2.05) is 26.0 Å². The number of ether oxygens (including phenoxy) is 3. The first-order chi connectivity index (χ1) is 19.4. The first-order valence-corrected chi connectivity index (χ1v) is 13.6. The van der Waals surface area contributed by atoms with Gasteiger partial charge in [-0.3, -0.25) is 14.5 Å². The maximum atomic E-state index is 13.7. The van der Waals surface area contributed by atoms with Crippen molar-refractivity contribution in [2.24, 2.45) is 0 Å². The molecular weight excluding hydrogens is 528 g/mol. The standard InChI is InChI=1S/C31H26N2O6S/c1-4-10-37-21-7-5-6-19(15-21)27-25(28(34)20-8-9-22-23(16-20)39-12-11-38-22)29(35)30(36)33(27)31-32-26-18(3)13-17(2)14-24(26)40-31/h4-9,13-16,27,34H,1,10-12H2,2-3H3/t27-/m0/s1. The van der Waals surface area contributed by atoms with E-state index in [1.165, 1.54) is 16.2 Å². The Balaban J connectivity index is 1.54. The number of rotatable bonds is 6. The second-order valence-electron chi connectivity index (χ2n) is 9.62. The van der Waals surface area contributed by atoms with E-state index < -0.39 is 17.7 Å². The zero-order valence-corrected chi connectivity index (χ0v) is 22.8. The normalized spacial score (nSPS) is 17.9. The Morgan fingerprint density at radius 1 is 1.12 bits per heavy atom. The van der Waals surface area contributed by atoms with Crippen molar-refractivity contribution < 1.29 is 28.9 Å². The van der Waals surface area contributed by atoms with E-state index in [2.05, 4.69) is 6.58 Å². The number of nitrogens with zero attached hydrogens (tertiary/aromatic N) is 2. The molecule has 40 heavy (non-hydrogen) atoms. The molecule has 9 heteroatoms. The number of Topliss-reactive ketones (excluding diaryl/α,β-unsaturated/α-hetero) is 1. The molecule has 0 aliphatic carbocycles. The Hall–Kier alpha value is -4.63. The zero-order chi connectivity index (χ0) is 28.0. The number of aliphatic hydroxyl groups is 1. The summed E-state index contributed by atoms with van der Waals surface area (Å²) in [7, 11) is 0. The van der Waals surface area contributed by atoms with Gasteiger partial charge in [-0.15, -0.1) is 0 Å². The van der Waals surface area contributed by atoms with Crippen LogP contribution in [0.25, 0.3) is 16.0 Å². The highest BCUT2D eigenvalue weighted by Crippen LogP contribution is 2.46. The predicted molar refractivity (Wildman–Crippen MR) is 153 cm³/mol. The van der Waals surface area contributed by atoms with Crippen molar-refractivity contribution in [1.29, 1.82) is 0 Å². The predicted octanol–water partition coefficient (Wildman–Crippen LogP) is 5.88. The topological polar surface area (TPSA) is 98.2 Å². The van der Waals surface area contributed by atoms with Gasteiger partial charge in [0.1, 0.15) is 31.3 Å². The van der Waals surface area contributed by atoms with E-state index in [0.717, 1.165) is 21.3 Å². The summed E-state index contributed by atoms with van der Waals surface area (Å²) < 4.78 is 17.9. The summed E-state index contributed by atoms with van der Waals surface area (Å²) in [5.74, 6) is -0.340. The van der Waals surface area contributed by atoms with Crippen molar-refractivity contribution >= 4 is 44.1 Å². The largest absolute Gasteiger partial charge is 0.507 e. The quantitative estimate of drug-likeness (QED) is 0.138. The van der Waals surface area contributed by atoms with Crippen LogP contribution in [-0.4, -0.2) is 41.6 Å². The molecule has 2 aliphatic heterocycles. The monoisotopic (exact) mass is 554 g/mol. The van der Waals surface area contributed by atoms with Gasteiger partial charge in [0.15, 0.2) is 16.6 Å². The van der Waals surface area contributed by atoms with Gasteiger partial charge in [-0.2, -0.15) is 0 Å². The molecule has 0 saturated carbocycles. The summed E-state index contributed by atoms with van der Waals surface area (Å²) in [5.41, 5.74) is 3.69. The second kappa shape index (κ2) is 10.2. The van der Waals surface area contributed by atoms with Crippen LogP contribution < -0.4 is 19.1 Å². The molecule has 3 heterocycles. The molecule has 1 saturated heterocycles. The van der Waals surface area contributed by atoms with Crippen LogP contribution in [-0.2, 0) is 9.59 Å². The lowest BCUT2D eigenvalue weighted by atomic mass is 9.95. The number of aliphatic hydroxyl groups excluding tert-OH is 1. The molecule has 202 valence electrons. The van der Waals surface area contributed by atoms with Crippen LogP contribution in [0.2, 0.25) is 0 Å². The third-order valence-electron chi connectivity index (χ3n) is 6.83. The number of amides is 1. The molecule has 3 aromatic carbocycles. The Morgan fingerprint density at radius 2 is 1.93 bits per heavy atom. The molecule has 6 rings (SSSR count). The lowest BCUT2D eigenvalue weighted by molar-refractivity contribution is -0.132. The van der Waals surface area contributed by atoms with Gasteiger partial charge >= 0.3 is 5.91 Å². The third kappa shape index (κ3) is 4.38. The van der Waals surface area contributed by atoms with Gasteiger partial charge in [-0.25, -0.2) is 4.98 Å². The molecule has 0 bridgehead atoms. The van der Waals surface area contributed by atoms with Crippen LogP contribution in [0, 0.1) is 13.8 Å². The van der Waals surface area contributed by atoms with Crippen molar-refractivity contribution in [2.45, 2.75) is 19.9 Å². The number of carbonyl (C=O) groups is 2. The van der Waals surface area contributed by atoms with Crippen LogP contribution in [0.1, 0.15) is 28.3 Å². The fourth-order valence-electron chi connectivity index (χ4n) is 5.08. The van der Waals surface area contributed by atoms with Crippen LogP contribution in [0.4, 0.5) is 5.13 Å². The summed E-state index contributed by atoms with van der Waals surface area (Å²) in [6.07, 6.45) is 1.63. The molecule has 1 fully saturated rings. The van der Waals surface area contributed by atoms with Crippen LogP contribution in [0.15, 0.2) is 72.8 Å². The van der Waals surface area contributed by atoms with Gasteiger partial charge in [0.2, 0.25) is 0 Å². The maximum absolute atomic E-state index is 13.7. The fourth-order valence-corrected chi connectivity index (χ4v) is 6.25. The zero-order valence-electron chi connectivity index (χ0n) is 22.0. The summed E-state index contributed by atoms with van der Waals surface area (Å²) >= 11 is 1.33. The average Bonchev–Trinajstić information content (AvgIpc) is 3.49. The smallest absolute Gasteiger partial charge is 0.301 e. The van der Waals surface area contributed by atoms with Crippen LogP contribution in [0.3, 0.4) is 0 Å². The van der Waals surface area contributed by atoms with Crippen molar-refractivity contribution in [3.8, 4) is 17.2 Å². The second-order valence-corrected chi connectivity index (χ2v) is 10.6. The first-order valence-electron chi connectivity index (χ1n) is 12.8. The van der Waals surface area contributed by atoms with Gasteiger partial charge in [-0.1, -0.05) is 42.2 Å². The minimum absolute atomic E-state index is 0.0466. The van der Waals surface area contributed by atoms with E-state index in [4.69, 9.17) is 19.2 Å². The van der Waals surface area contributed by atoms with Gasteiger partial charge < -0.3 is 19.3 Å². The molecule has 0 spiro atoms. The SMILES string of the molecule is C=CCOc1cccc([C@H]2C(=C(O)c3ccc4c(c3)OCCO4)C(=O)C(=O)N2c2nc3c(C)cc(C)cc3s2)c1. The number of thiazole rings is 1. The highest BCUT2D eigenvalue weighted by molar-refractivity contribution is 7.22. The summed E-state index contributed by atoms with van der Waals surface area (Å²) in [5, 5.41) is 11.9. The van der Waals surface area contributed by atoms with Gasteiger partial charge in [-0.05, 0) is 66.9 Å². The Labute approximate surface area is 234 Å². The average molecular weight is 555 g/mol. The Morgan fingerprint density at radius 3 is 2.73 bits per heavy atom. The summed E-state index contributed by atoms with van der Waals surface area (Å²) in [6, 6.07) is 15.1. The molecule has 1 aromatic heterocycles. The van der Waals surface area contributed by atoms with E-state index in [-0.39, 0.29) is 17.9 Å². The number of ketones is 1. The molecule has 0 radical (unpaired) electrons. The van der Waals surface area contributed by atoms with E-state index in [1.54, 1.807) is 48.5 Å². The molecule has 1 N–H and O–H groups in total. The minimum atomic E-state index is -0.942. The minimum Gasteiger partial charge on any atom is -0.507 e. The summed E-state index contributed by atoms with van der Waals surface area (Å²) in [4.78, 5) is 33.5. The summed E-state index contributed by atoms with van der Waals surface area (Å²) in [6.45, 7) is 8.74. The Kier molecular flexibility index (Phi) is 6.51. The number of carbonyl (C=O) groups excluding carboxylic acids is 2. The molecule has 8 nitrogen and oxygen atoms in total. The Bertz CT molecular complexity index is 1720. The molecule has 1 atom stereocenters. The van der Waals surface area contributed by atoms with Crippen molar-refractivity contribution in [3.63, 3.8) is 0 Å². The number of aryl methyl sites for hydroxylation is 2. The van der Waals surface area contributed by atoms with Crippen LogP contribution >= 0.6 is 11.3 Å². The van der Waals surface area contributed by atoms with Crippen LogP contribution in [0.5, 0.6) is 17.2 Å². The first kappa shape index (κ1) is 25.6. The lowest BCUT2D eigenvalue weighted by Crippen LogP contribution is -2.29. The number of hydrogen-bond acceptors (Lipinski definition) is 8. The highest BCUT2D eigenvalue weighted by Gasteiger charge is 2.48. The van der Waals surface area contributed by atoms with E-state index >= 15 is 0 Å². The molecule has 2 aliphatic rings. The number of aromatic nitrogens is 1. The lowest BCUT2D eigenvalue weighted by Gasteiger charge is -2.23. The fraction of sp³-hybridized carbons (Fsp3) is 0.194. The van der Waals surface area contributed by atoms with Crippen molar-refractivity contribution in [1.82, 2.24) is 4.98 Å². The molecule has 1 amide bonds. The van der Waals surface area contributed by atoms with Crippen molar-refractivity contribution in [2.75, 3.05) is 24.7 Å². The van der Waals surface area contributed by atoms with E-state index in [9.17, 15) is 14.7 Å². The maximum Gasteiger partial charge on any atom is 0.301 e. The number of anilines is 1. The van der Waals surface area contributed by atoms with E-state index in [0.29, 0.717) is 46.7 Å².